The Bertz CT molecular complexity index is 809. The van der Waals surface area contributed by atoms with Crippen LogP contribution in [0.1, 0.15) is 65.2 Å². The van der Waals surface area contributed by atoms with E-state index in [1.54, 1.807) is 0 Å². The topological polar surface area (TPSA) is 84.4 Å². The summed E-state index contributed by atoms with van der Waals surface area (Å²) in [6.45, 7) is 9.20. The Morgan fingerprint density at radius 3 is 2.36 bits per heavy atom. The molecule has 1 saturated heterocycles. The van der Waals surface area contributed by atoms with Crippen molar-refractivity contribution in [3.05, 3.63) is 34.7 Å². The lowest BCUT2D eigenvalue weighted by atomic mass is 9.97. The van der Waals surface area contributed by atoms with E-state index in [9.17, 15) is 4.79 Å². The summed E-state index contributed by atoms with van der Waals surface area (Å²) in [6, 6.07) is 0. The van der Waals surface area contributed by atoms with Crippen LogP contribution >= 0.6 is 0 Å². The molecular formula is C21H30N4O3. The van der Waals surface area contributed by atoms with Crippen molar-refractivity contribution in [2.24, 2.45) is 11.8 Å². The summed E-state index contributed by atoms with van der Waals surface area (Å²) >= 11 is 0. The number of aryl methyl sites for hydroxylation is 3. The third kappa shape index (κ3) is 4.63. The number of carbonyl (C=O) groups is 1. The molecule has 152 valence electrons. The van der Waals surface area contributed by atoms with Gasteiger partial charge >= 0.3 is 0 Å². The molecule has 0 aromatic carbocycles. The molecule has 2 aromatic heterocycles. The lowest BCUT2D eigenvalue weighted by Gasteiger charge is -2.31. The highest BCUT2D eigenvalue weighted by molar-refractivity contribution is 5.92. The molecule has 7 nitrogen and oxygen atoms in total. The zero-order chi connectivity index (χ0) is 19.7. The van der Waals surface area contributed by atoms with Gasteiger partial charge in [0.25, 0.3) is 5.91 Å². The van der Waals surface area contributed by atoms with E-state index in [-0.39, 0.29) is 5.91 Å². The smallest absolute Gasteiger partial charge is 0.289 e. The largest absolute Gasteiger partial charge is 0.444 e. The van der Waals surface area contributed by atoms with E-state index in [0.717, 1.165) is 56.2 Å². The molecule has 0 unspecified atom stereocenters. The molecule has 4 rings (SSSR count). The second-order valence-electron chi connectivity index (χ2n) is 8.35. The van der Waals surface area contributed by atoms with Crippen LogP contribution in [0.5, 0.6) is 0 Å². The van der Waals surface area contributed by atoms with Crippen molar-refractivity contribution < 1.29 is 13.6 Å². The lowest BCUT2D eigenvalue weighted by Crippen LogP contribution is -2.38. The van der Waals surface area contributed by atoms with Gasteiger partial charge in [-0.3, -0.25) is 9.69 Å². The van der Waals surface area contributed by atoms with Crippen LogP contribution in [0.3, 0.4) is 0 Å². The Morgan fingerprint density at radius 1 is 1.00 bits per heavy atom. The van der Waals surface area contributed by atoms with Gasteiger partial charge in [0.1, 0.15) is 5.76 Å². The van der Waals surface area contributed by atoms with Crippen LogP contribution in [0.2, 0.25) is 0 Å². The highest BCUT2D eigenvalue weighted by Gasteiger charge is 2.26. The number of aromatic nitrogens is 2. The molecule has 0 spiro atoms. The zero-order valence-corrected chi connectivity index (χ0v) is 17.1. The molecule has 1 N–H and O–H groups in total. The van der Waals surface area contributed by atoms with Crippen molar-refractivity contribution in [1.29, 1.82) is 0 Å². The SMILES string of the molecule is Cc1nc(CN2CCC(CNC(=O)c3oc(CC4CC4)nc3C)CC2)oc1C. The van der Waals surface area contributed by atoms with Gasteiger partial charge in [0.15, 0.2) is 5.89 Å². The average Bonchev–Trinajstić information content (AvgIpc) is 3.32. The molecule has 0 radical (unpaired) electrons. The van der Waals surface area contributed by atoms with Gasteiger partial charge in [-0.25, -0.2) is 9.97 Å². The van der Waals surface area contributed by atoms with Crippen molar-refractivity contribution in [2.75, 3.05) is 19.6 Å². The van der Waals surface area contributed by atoms with E-state index in [4.69, 9.17) is 8.83 Å². The third-order valence-corrected chi connectivity index (χ3v) is 5.90. The standard InChI is InChI=1S/C21H30N4O3/c1-13-15(3)27-19(23-13)12-25-8-6-17(7-9-25)11-22-21(26)20-14(2)24-18(28-20)10-16-4-5-16/h16-17H,4-12H2,1-3H3,(H,22,26). The minimum atomic E-state index is -0.139. The van der Waals surface area contributed by atoms with Crippen molar-refractivity contribution in [3.8, 4) is 0 Å². The highest BCUT2D eigenvalue weighted by atomic mass is 16.4. The first kappa shape index (κ1) is 19.2. The molecule has 28 heavy (non-hydrogen) atoms. The van der Waals surface area contributed by atoms with Gasteiger partial charge < -0.3 is 14.2 Å². The molecule has 0 atom stereocenters. The van der Waals surface area contributed by atoms with E-state index in [1.165, 1.54) is 12.8 Å². The minimum absolute atomic E-state index is 0.139. The van der Waals surface area contributed by atoms with Gasteiger partial charge in [-0.15, -0.1) is 0 Å². The van der Waals surface area contributed by atoms with Crippen LogP contribution in [0.4, 0.5) is 0 Å². The maximum absolute atomic E-state index is 12.5. The fourth-order valence-corrected chi connectivity index (χ4v) is 3.78. The number of rotatable bonds is 7. The van der Waals surface area contributed by atoms with Crippen LogP contribution < -0.4 is 5.32 Å². The van der Waals surface area contributed by atoms with Crippen molar-refractivity contribution >= 4 is 5.91 Å². The molecular weight excluding hydrogens is 356 g/mol. The number of hydrogen-bond acceptors (Lipinski definition) is 6. The number of nitrogens with one attached hydrogen (secondary N) is 1. The summed E-state index contributed by atoms with van der Waals surface area (Å²) in [5.74, 6) is 3.82. The molecule has 1 amide bonds. The van der Waals surface area contributed by atoms with Gasteiger partial charge in [0.2, 0.25) is 11.7 Å². The van der Waals surface area contributed by atoms with Gasteiger partial charge in [0, 0.05) is 13.0 Å². The Morgan fingerprint density at radius 2 is 1.71 bits per heavy atom. The molecule has 1 aliphatic heterocycles. The Labute approximate surface area is 165 Å². The van der Waals surface area contributed by atoms with Gasteiger partial charge in [0.05, 0.1) is 17.9 Å². The number of nitrogens with zero attached hydrogens (tertiary/aromatic N) is 3. The van der Waals surface area contributed by atoms with E-state index in [1.807, 2.05) is 20.8 Å². The zero-order valence-electron chi connectivity index (χ0n) is 17.1. The second kappa shape index (κ2) is 8.07. The average molecular weight is 386 g/mol. The molecule has 2 aliphatic rings. The minimum Gasteiger partial charge on any atom is -0.444 e. The van der Waals surface area contributed by atoms with Crippen LogP contribution in [-0.4, -0.2) is 40.4 Å². The van der Waals surface area contributed by atoms with Crippen LogP contribution in [0.15, 0.2) is 8.83 Å². The summed E-state index contributed by atoms with van der Waals surface area (Å²) in [4.78, 5) is 23.7. The number of amides is 1. The van der Waals surface area contributed by atoms with E-state index >= 15 is 0 Å². The fourth-order valence-electron chi connectivity index (χ4n) is 3.78. The predicted octanol–water partition coefficient (Wildman–Crippen LogP) is 3.18. The van der Waals surface area contributed by atoms with Gasteiger partial charge in [-0.2, -0.15) is 0 Å². The third-order valence-electron chi connectivity index (χ3n) is 5.90. The number of oxazole rings is 2. The van der Waals surface area contributed by atoms with Crippen LogP contribution in [0.25, 0.3) is 0 Å². The van der Waals surface area contributed by atoms with E-state index < -0.39 is 0 Å². The predicted molar refractivity (Wildman–Crippen MR) is 104 cm³/mol. The lowest BCUT2D eigenvalue weighted by molar-refractivity contribution is 0.0903. The molecule has 7 heteroatoms. The van der Waals surface area contributed by atoms with Crippen LogP contribution in [-0.2, 0) is 13.0 Å². The van der Waals surface area contributed by atoms with Crippen molar-refractivity contribution in [3.63, 3.8) is 0 Å². The number of piperidine rings is 1. The maximum atomic E-state index is 12.5. The van der Waals surface area contributed by atoms with E-state index in [2.05, 4.69) is 20.2 Å². The molecule has 0 bridgehead atoms. The number of hydrogen-bond donors (Lipinski definition) is 1. The first-order valence-corrected chi connectivity index (χ1v) is 10.4. The normalized spacial score (nSPS) is 18.5. The van der Waals surface area contributed by atoms with Gasteiger partial charge in [-0.1, -0.05) is 0 Å². The Kier molecular flexibility index (Phi) is 5.53. The molecule has 3 heterocycles. The van der Waals surface area contributed by atoms with E-state index in [0.29, 0.717) is 35.7 Å². The van der Waals surface area contributed by atoms with Crippen molar-refractivity contribution in [2.45, 2.75) is 59.4 Å². The summed E-state index contributed by atoms with van der Waals surface area (Å²) in [5, 5.41) is 3.05. The Balaban J connectivity index is 1.21. The monoisotopic (exact) mass is 386 g/mol. The van der Waals surface area contributed by atoms with Gasteiger partial charge in [-0.05, 0) is 71.4 Å². The summed E-state index contributed by atoms with van der Waals surface area (Å²) in [6.07, 6.45) is 5.46. The quantitative estimate of drug-likeness (QED) is 0.787. The van der Waals surface area contributed by atoms with Crippen molar-refractivity contribution in [1.82, 2.24) is 20.2 Å². The highest BCUT2D eigenvalue weighted by Crippen LogP contribution is 2.32. The molecule has 2 fully saturated rings. The summed E-state index contributed by atoms with van der Waals surface area (Å²) in [5.41, 5.74) is 1.66. The number of carbonyl (C=O) groups excluding carboxylic acids is 1. The van der Waals surface area contributed by atoms with Crippen LogP contribution in [0, 0.1) is 32.6 Å². The Hall–Kier alpha value is -2.15. The first-order chi connectivity index (χ1) is 13.5. The fraction of sp³-hybridized carbons (Fsp3) is 0.667. The maximum Gasteiger partial charge on any atom is 0.289 e. The molecule has 1 saturated carbocycles. The first-order valence-electron chi connectivity index (χ1n) is 10.4. The summed E-state index contributed by atoms with van der Waals surface area (Å²) in [7, 11) is 0. The number of likely N-dealkylation sites (tertiary alicyclic amines) is 1. The summed E-state index contributed by atoms with van der Waals surface area (Å²) < 4.78 is 11.4. The second-order valence-corrected chi connectivity index (χ2v) is 8.35. The molecule has 1 aliphatic carbocycles. The molecule has 2 aromatic rings.